The summed E-state index contributed by atoms with van der Waals surface area (Å²) in [6.07, 6.45) is 3.45. The monoisotopic (exact) mass is 211 g/mol. The van der Waals surface area contributed by atoms with Gasteiger partial charge >= 0.3 is 0 Å². The molecule has 0 atom stereocenters. The van der Waals surface area contributed by atoms with E-state index in [1.54, 1.807) is 24.1 Å². The number of carbonyl (C=O) groups is 1. The largest absolute Gasteiger partial charge is 0.409 e. The van der Waals surface area contributed by atoms with Gasteiger partial charge in [-0.2, -0.15) is 0 Å². The van der Waals surface area contributed by atoms with Crippen molar-refractivity contribution in [3.05, 3.63) is 18.2 Å². The summed E-state index contributed by atoms with van der Waals surface area (Å²) in [6, 6.07) is 0. The molecule has 4 N–H and O–H groups in total. The molecule has 0 radical (unpaired) electrons. The van der Waals surface area contributed by atoms with Gasteiger partial charge in [0.15, 0.2) is 0 Å². The molecule has 7 heteroatoms. The highest BCUT2D eigenvalue weighted by molar-refractivity contribution is 5.92. The van der Waals surface area contributed by atoms with Gasteiger partial charge in [-0.1, -0.05) is 5.16 Å². The summed E-state index contributed by atoms with van der Waals surface area (Å²) < 4.78 is 1.68. The first-order chi connectivity index (χ1) is 7.13. The van der Waals surface area contributed by atoms with E-state index < -0.39 is 0 Å². The number of nitrogens with two attached hydrogens (primary N) is 1. The number of hydrogen-bond donors (Lipinski definition) is 3. The molecule has 1 heterocycles. The van der Waals surface area contributed by atoms with Crippen molar-refractivity contribution in [3.8, 4) is 0 Å². The van der Waals surface area contributed by atoms with Crippen molar-refractivity contribution in [2.45, 2.75) is 6.42 Å². The number of rotatable bonds is 4. The third-order valence-corrected chi connectivity index (χ3v) is 1.73. The van der Waals surface area contributed by atoms with Crippen molar-refractivity contribution < 1.29 is 10.0 Å². The summed E-state index contributed by atoms with van der Waals surface area (Å²) in [5.74, 6) is -0.197. The summed E-state index contributed by atoms with van der Waals surface area (Å²) in [4.78, 5) is 15.3. The minimum absolute atomic E-state index is 0.0799. The van der Waals surface area contributed by atoms with Gasteiger partial charge in [-0.25, -0.2) is 4.98 Å². The lowest BCUT2D eigenvalue weighted by atomic mass is 10.3. The van der Waals surface area contributed by atoms with Gasteiger partial charge in [0.25, 0.3) is 5.91 Å². The van der Waals surface area contributed by atoms with Crippen molar-refractivity contribution in [1.29, 1.82) is 0 Å². The van der Waals surface area contributed by atoms with E-state index in [0.717, 1.165) is 0 Å². The molecular weight excluding hydrogens is 198 g/mol. The maximum absolute atomic E-state index is 11.4. The molecule has 0 fully saturated rings. The zero-order chi connectivity index (χ0) is 11.3. The van der Waals surface area contributed by atoms with Crippen LogP contribution >= 0.6 is 0 Å². The molecule has 0 saturated heterocycles. The van der Waals surface area contributed by atoms with E-state index in [4.69, 9.17) is 10.9 Å². The molecule has 0 aliphatic carbocycles. The number of aromatic nitrogens is 2. The van der Waals surface area contributed by atoms with Crippen LogP contribution in [0.5, 0.6) is 0 Å². The average Bonchev–Trinajstić information content (AvgIpc) is 2.64. The molecule has 1 amide bonds. The Morgan fingerprint density at radius 3 is 3.07 bits per heavy atom. The maximum Gasteiger partial charge on any atom is 0.271 e. The smallest absolute Gasteiger partial charge is 0.271 e. The third-order valence-electron chi connectivity index (χ3n) is 1.73. The molecule has 15 heavy (non-hydrogen) atoms. The van der Waals surface area contributed by atoms with Crippen LogP contribution in [0.3, 0.4) is 0 Å². The number of amidine groups is 1. The topological polar surface area (TPSA) is 106 Å². The Balaban J connectivity index is 2.37. The average molecular weight is 211 g/mol. The predicted octanol–water partition coefficient (Wildman–Crippen LogP) is -0.714. The number of oxime groups is 1. The second-order valence-corrected chi connectivity index (χ2v) is 3.02. The number of nitrogens with zero attached hydrogens (tertiary/aromatic N) is 3. The summed E-state index contributed by atoms with van der Waals surface area (Å²) in [6.45, 7) is 0.311. The van der Waals surface area contributed by atoms with E-state index in [1.165, 1.54) is 0 Å². The van der Waals surface area contributed by atoms with Crippen molar-refractivity contribution in [2.75, 3.05) is 6.54 Å². The van der Waals surface area contributed by atoms with E-state index in [2.05, 4.69) is 15.5 Å². The number of hydrogen-bond acceptors (Lipinski definition) is 4. The van der Waals surface area contributed by atoms with Crippen LogP contribution in [-0.4, -0.2) is 33.0 Å². The molecule has 1 aromatic heterocycles. The van der Waals surface area contributed by atoms with Crippen LogP contribution in [0.4, 0.5) is 0 Å². The van der Waals surface area contributed by atoms with Gasteiger partial charge in [-0.05, 0) is 0 Å². The zero-order valence-electron chi connectivity index (χ0n) is 8.34. The minimum Gasteiger partial charge on any atom is -0.409 e. The van der Waals surface area contributed by atoms with Crippen LogP contribution in [0.25, 0.3) is 0 Å². The van der Waals surface area contributed by atoms with Crippen LogP contribution in [0.2, 0.25) is 0 Å². The van der Waals surface area contributed by atoms with Crippen LogP contribution < -0.4 is 11.1 Å². The SMILES string of the molecule is Cn1cnc(C(=O)NCCC(N)=NO)c1. The molecular formula is C8H13N5O2. The predicted molar refractivity (Wildman–Crippen MR) is 53.6 cm³/mol. The second kappa shape index (κ2) is 4.99. The number of imidazole rings is 1. The molecule has 0 spiro atoms. The highest BCUT2D eigenvalue weighted by Gasteiger charge is 2.07. The molecule has 7 nitrogen and oxygen atoms in total. The highest BCUT2D eigenvalue weighted by Crippen LogP contribution is 1.93. The Morgan fingerprint density at radius 1 is 1.80 bits per heavy atom. The molecule has 1 aromatic rings. The normalized spacial score (nSPS) is 11.4. The summed E-state index contributed by atoms with van der Waals surface area (Å²) >= 11 is 0. The van der Waals surface area contributed by atoms with E-state index >= 15 is 0 Å². The molecule has 0 unspecified atom stereocenters. The lowest BCUT2D eigenvalue weighted by Gasteiger charge is -2.01. The zero-order valence-corrected chi connectivity index (χ0v) is 8.34. The Hall–Kier alpha value is -2.05. The fraction of sp³-hybridized carbons (Fsp3) is 0.375. The van der Waals surface area contributed by atoms with Gasteiger partial charge in [0.2, 0.25) is 0 Å². The fourth-order valence-corrected chi connectivity index (χ4v) is 0.975. The van der Waals surface area contributed by atoms with Gasteiger partial charge < -0.3 is 20.8 Å². The number of carbonyl (C=O) groups excluding carboxylic acids is 1. The molecule has 1 rings (SSSR count). The first-order valence-corrected chi connectivity index (χ1v) is 4.36. The van der Waals surface area contributed by atoms with Crippen molar-refractivity contribution in [2.24, 2.45) is 17.9 Å². The van der Waals surface area contributed by atoms with Crippen LogP contribution in [0.1, 0.15) is 16.9 Å². The van der Waals surface area contributed by atoms with E-state index in [-0.39, 0.29) is 11.7 Å². The van der Waals surface area contributed by atoms with Crippen molar-refractivity contribution >= 4 is 11.7 Å². The van der Waals surface area contributed by atoms with E-state index in [0.29, 0.717) is 18.7 Å². The Labute approximate surface area is 86.6 Å². The second-order valence-electron chi connectivity index (χ2n) is 3.02. The third kappa shape index (κ3) is 3.29. The fourth-order valence-electron chi connectivity index (χ4n) is 0.975. The van der Waals surface area contributed by atoms with Gasteiger partial charge in [0.1, 0.15) is 11.5 Å². The molecule has 0 aromatic carbocycles. The van der Waals surface area contributed by atoms with Crippen LogP contribution in [-0.2, 0) is 7.05 Å². The van der Waals surface area contributed by atoms with Crippen molar-refractivity contribution in [3.63, 3.8) is 0 Å². The molecule has 0 saturated carbocycles. The van der Waals surface area contributed by atoms with Gasteiger partial charge in [0, 0.05) is 26.2 Å². The number of nitrogens with one attached hydrogen (secondary N) is 1. The van der Waals surface area contributed by atoms with Gasteiger partial charge in [-0.3, -0.25) is 4.79 Å². The van der Waals surface area contributed by atoms with Gasteiger partial charge in [-0.15, -0.1) is 0 Å². The highest BCUT2D eigenvalue weighted by atomic mass is 16.4. The quantitative estimate of drug-likeness (QED) is 0.264. The number of amides is 1. The first-order valence-electron chi connectivity index (χ1n) is 4.36. The Kier molecular flexibility index (Phi) is 3.67. The first kappa shape index (κ1) is 11.0. The summed E-state index contributed by atoms with van der Waals surface area (Å²) in [7, 11) is 1.78. The van der Waals surface area contributed by atoms with E-state index in [9.17, 15) is 4.79 Å². The Morgan fingerprint density at radius 2 is 2.53 bits per heavy atom. The summed E-state index contributed by atoms with van der Waals surface area (Å²) in [5.41, 5.74) is 5.58. The Bertz CT molecular complexity index is 371. The number of aryl methyl sites for hydroxylation is 1. The lowest BCUT2D eigenvalue weighted by molar-refractivity contribution is 0.0950. The lowest BCUT2D eigenvalue weighted by Crippen LogP contribution is -2.28. The summed E-state index contributed by atoms with van der Waals surface area (Å²) in [5, 5.41) is 13.6. The standard InChI is InChI=1S/C8H13N5O2/c1-13-4-6(11-5-13)8(14)10-3-2-7(9)12-15/h4-5,15H,2-3H2,1H3,(H2,9,12)(H,10,14). The molecule has 0 aliphatic heterocycles. The van der Waals surface area contributed by atoms with Crippen LogP contribution in [0.15, 0.2) is 17.7 Å². The molecule has 0 aliphatic rings. The van der Waals surface area contributed by atoms with E-state index in [1.807, 2.05) is 0 Å². The minimum atomic E-state index is -0.277. The van der Waals surface area contributed by atoms with Crippen LogP contribution in [0, 0.1) is 0 Å². The molecule has 0 bridgehead atoms. The molecule has 82 valence electrons. The maximum atomic E-state index is 11.4. The van der Waals surface area contributed by atoms with Gasteiger partial charge in [0.05, 0.1) is 6.33 Å². The van der Waals surface area contributed by atoms with Crippen molar-refractivity contribution in [1.82, 2.24) is 14.9 Å².